The summed E-state index contributed by atoms with van der Waals surface area (Å²) in [7, 11) is 0. The zero-order valence-electron chi connectivity index (χ0n) is 18.1. The number of aliphatic imine (C=N–C) groups is 1. The third kappa shape index (κ3) is 6.14. The number of carbonyl (C=O) groups is 1. The highest BCUT2D eigenvalue weighted by molar-refractivity contribution is 6.09. The summed E-state index contributed by atoms with van der Waals surface area (Å²) in [6.07, 6.45) is 4.21. The quantitative estimate of drug-likeness (QED) is 0.210. The fourth-order valence-electron chi connectivity index (χ4n) is 3.14. The number of aryl methyl sites for hydroxylation is 1. The van der Waals surface area contributed by atoms with E-state index in [1.807, 2.05) is 26.0 Å². The van der Waals surface area contributed by atoms with Crippen LogP contribution in [0, 0.1) is 12.7 Å². The van der Waals surface area contributed by atoms with E-state index in [2.05, 4.69) is 13.5 Å². The van der Waals surface area contributed by atoms with E-state index in [1.165, 1.54) is 11.2 Å². The normalized spacial score (nSPS) is 12.2. The zero-order chi connectivity index (χ0) is 22.1. The Morgan fingerprint density at radius 1 is 1.20 bits per heavy atom. The standard InChI is InChI=1S/C25H29FN2O2/c1-6-8-25(19(4)16-21-10-9-18(3)15-24(21)26)27-20(5)28(17-29)22-11-13-23(14-12-22)30-7-2/h7,9-15,17H,2,6,8,16H2,1,3-5H3/b25-19+,27-20?. The molecule has 2 aromatic rings. The van der Waals surface area contributed by atoms with Gasteiger partial charge >= 0.3 is 0 Å². The molecule has 0 heterocycles. The summed E-state index contributed by atoms with van der Waals surface area (Å²) >= 11 is 0. The van der Waals surface area contributed by atoms with Crippen LogP contribution in [-0.2, 0) is 11.2 Å². The van der Waals surface area contributed by atoms with Crippen molar-refractivity contribution in [2.45, 2.75) is 47.0 Å². The number of rotatable bonds is 9. The van der Waals surface area contributed by atoms with Crippen molar-refractivity contribution in [2.75, 3.05) is 4.90 Å². The van der Waals surface area contributed by atoms with Gasteiger partial charge in [0, 0.05) is 5.70 Å². The highest BCUT2D eigenvalue weighted by atomic mass is 19.1. The maximum atomic E-state index is 14.3. The summed E-state index contributed by atoms with van der Waals surface area (Å²) in [4.78, 5) is 18.0. The molecule has 0 aromatic heterocycles. The van der Waals surface area contributed by atoms with Gasteiger partial charge in [-0.3, -0.25) is 9.69 Å². The maximum Gasteiger partial charge on any atom is 0.219 e. The maximum absolute atomic E-state index is 14.3. The van der Waals surface area contributed by atoms with Crippen LogP contribution in [-0.4, -0.2) is 12.2 Å². The molecule has 0 bridgehead atoms. The van der Waals surface area contributed by atoms with Gasteiger partial charge in [-0.15, -0.1) is 0 Å². The second-order valence-electron chi connectivity index (χ2n) is 7.16. The second-order valence-corrected chi connectivity index (χ2v) is 7.16. The SMILES string of the molecule is C=COc1ccc(N(C=O)C(C)=N/C(CCC)=C(\C)Cc2ccc(C)cc2F)cc1. The molecule has 0 atom stereocenters. The van der Waals surface area contributed by atoms with Crippen LogP contribution in [0.15, 0.2) is 71.6 Å². The van der Waals surface area contributed by atoms with Crippen LogP contribution in [0.2, 0.25) is 0 Å². The molecule has 0 fully saturated rings. The molecule has 0 aliphatic rings. The van der Waals surface area contributed by atoms with Gasteiger partial charge in [-0.05, 0) is 80.6 Å². The van der Waals surface area contributed by atoms with Crippen molar-refractivity contribution in [1.29, 1.82) is 0 Å². The van der Waals surface area contributed by atoms with Crippen molar-refractivity contribution in [3.63, 3.8) is 0 Å². The van der Waals surface area contributed by atoms with Crippen molar-refractivity contribution in [1.82, 2.24) is 0 Å². The van der Waals surface area contributed by atoms with E-state index in [0.717, 1.165) is 36.1 Å². The number of hydrogen-bond donors (Lipinski definition) is 0. The van der Waals surface area contributed by atoms with Crippen LogP contribution in [0.3, 0.4) is 0 Å². The molecule has 0 saturated heterocycles. The number of nitrogens with zero attached hydrogens (tertiary/aromatic N) is 2. The Morgan fingerprint density at radius 2 is 1.90 bits per heavy atom. The van der Waals surface area contributed by atoms with Crippen molar-refractivity contribution >= 4 is 17.9 Å². The van der Waals surface area contributed by atoms with Gasteiger partial charge in [0.05, 0.1) is 11.9 Å². The van der Waals surface area contributed by atoms with Crippen molar-refractivity contribution in [3.05, 3.63) is 83.5 Å². The first-order chi connectivity index (χ1) is 14.4. The number of carbonyl (C=O) groups excluding carboxylic acids is 1. The summed E-state index contributed by atoms with van der Waals surface area (Å²) in [6.45, 7) is 11.2. The van der Waals surface area contributed by atoms with Crippen molar-refractivity contribution in [2.24, 2.45) is 4.99 Å². The minimum absolute atomic E-state index is 0.206. The fraction of sp³-hybridized carbons (Fsp3) is 0.280. The lowest BCUT2D eigenvalue weighted by Crippen LogP contribution is -2.27. The molecule has 0 spiro atoms. The highest BCUT2D eigenvalue weighted by Crippen LogP contribution is 2.23. The van der Waals surface area contributed by atoms with E-state index in [9.17, 15) is 9.18 Å². The molecule has 0 unspecified atom stereocenters. The predicted octanol–water partition coefficient (Wildman–Crippen LogP) is 6.35. The average Bonchev–Trinajstić information content (AvgIpc) is 2.71. The van der Waals surface area contributed by atoms with Gasteiger partial charge in [-0.25, -0.2) is 9.38 Å². The van der Waals surface area contributed by atoms with Crippen molar-refractivity contribution < 1.29 is 13.9 Å². The van der Waals surface area contributed by atoms with Crippen LogP contribution >= 0.6 is 0 Å². The summed E-state index contributed by atoms with van der Waals surface area (Å²) in [5.41, 5.74) is 4.07. The lowest BCUT2D eigenvalue weighted by molar-refractivity contribution is -0.106. The number of amidine groups is 1. The molecule has 5 heteroatoms. The Bertz CT molecular complexity index is 946. The van der Waals surface area contributed by atoms with Crippen LogP contribution in [0.25, 0.3) is 0 Å². The highest BCUT2D eigenvalue weighted by Gasteiger charge is 2.12. The molecule has 30 heavy (non-hydrogen) atoms. The summed E-state index contributed by atoms with van der Waals surface area (Å²) in [5.74, 6) is 0.980. The minimum Gasteiger partial charge on any atom is -0.466 e. The van der Waals surface area contributed by atoms with E-state index in [0.29, 0.717) is 29.3 Å². The minimum atomic E-state index is -0.206. The van der Waals surface area contributed by atoms with Gasteiger partial charge in [0.1, 0.15) is 17.4 Å². The molecular weight excluding hydrogens is 379 g/mol. The van der Waals surface area contributed by atoms with Gasteiger partial charge < -0.3 is 4.74 Å². The molecule has 0 saturated carbocycles. The molecule has 4 nitrogen and oxygen atoms in total. The number of amides is 1. The van der Waals surface area contributed by atoms with Crippen LogP contribution in [0.1, 0.15) is 44.7 Å². The number of halogens is 1. The van der Waals surface area contributed by atoms with E-state index < -0.39 is 0 Å². The Morgan fingerprint density at radius 3 is 2.47 bits per heavy atom. The Kier molecular flexibility index (Phi) is 8.54. The third-order valence-electron chi connectivity index (χ3n) is 4.73. The van der Waals surface area contributed by atoms with Crippen molar-refractivity contribution in [3.8, 4) is 5.75 Å². The number of hydrogen-bond acceptors (Lipinski definition) is 3. The lowest BCUT2D eigenvalue weighted by Gasteiger charge is -2.18. The number of benzene rings is 2. The van der Waals surface area contributed by atoms with Crippen LogP contribution in [0.5, 0.6) is 5.75 Å². The predicted molar refractivity (Wildman–Crippen MR) is 121 cm³/mol. The first-order valence-corrected chi connectivity index (χ1v) is 10.0. The summed E-state index contributed by atoms with van der Waals surface area (Å²) in [5, 5.41) is 0. The first-order valence-electron chi connectivity index (χ1n) is 10.0. The van der Waals surface area contributed by atoms with Crippen LogP contribution in [0.4, 0.5) is 10.1 Å². The van der Waals surface area contributed by atoms with Crippen LogP contribution < -0.4 is 9.64 Å². The molecular formula is C25H29FN2O2. The Labute approximate surface area is 178 Å². The molecule has 2 aromatic carbocycles. The van der Waals surface area contributed by atoms with E-state index in [1.54, 1.807) is 37.3 Å². The second kappa shape index (κ2) is 11.1. The van der Waals surface area contributed by atoms with E-state index >= 15 is 0 Å². The number of anilines is 1. The summed E-state index contributed by atoms with van der Waals surface area (Å²) < 4.78 is 19.5. The fourth-order valence-corrected chi connectivity index (χ4v) is 3.14. The number of ether oxygens (including phenoxy) is 1. The lowest BCUT2D eigenvalue weighted by atomic mass is 10.0. The Hall–Kier alpha value is -3.21. The Balaban J connectivity index is 2.33. The topological polar surface area (TPSA) is 41.9 Å². The first kappa shape index (κ1) is 23.1. The molecule has 1 amide bonds. The van der Waals surface area contributed by atoms with E-state index in [-0.39, 0.29) is 5.82 Å². The molecule has 0 aliphatic heterocycles. The average molecular weight is 409 g/mol. The van der Waals surface area contributed by atoms with Gasteiger partial charge in [-0.2, -0.15) is 0 Å². The van der Waals surface area contributed by atoms with Gasteiger partial charge in [-0.1, -0.05) is 32.1 Å². The zero-order valence-corrected chi connectivity index (χ0v) is 18.1. The smallest absolute Gasteiger partial charge is 0.219 e. The summed E-state index contributed by atoms with van der Waals surface area (Å²) in [6, 6.07) is 12.4. The van der Waals surface area contributed by atoms with Gasteiger partial charge in [0.15, 0.2) is 0 Å². The van der Waals surface area contributed by atoms with Gasteiger partial charge in [0.25, 0.3) is 0 Å². The molecule has 0 aliphatic carbocycles. The largest absolute Gasteiger partial charge is 0.466 e. The third-order valence-corrected chi connectivity index (χ3v) is 4.73. The molecule has 158 valence electrons. The molecule has 0 radical (unpaired) electrons. The monoisotopic (exact) mass is 408 g/mol. The molecule has 0 N–H and O–H groups in total. The molecule has 2 rings (SSSR count). The van der Waals surface area contributed by atoms with Gasteiger partial charge in [0.2, 0.25) is 6.41 Å². The number of allylic oxidation sites excluding steroid dienone is 2. The van der Waals surface area contributed by atoms with E-state index in [4.69, 9.17) is 9.73 Å².